The molecule has 1 amide bonds. The summed E-state index contributed by atoms with van der Waals surface area (Å²) >= 11 is 0. The molecule has 1 saturated heterocycles. The molecule has 132 valence electrons. The van der Waals surface area contributed by atoms with Crippen molar-refractivity contribution in [2.24, 2.45) is 5.92 Å². The fourth-order valence-corrected chi connectivity index (χ4v) is 4.11. The van der Waals surface area contributed by atoms with E-state index >= 15 is 0 Å². The van der Waals surface area contributed by atoms with Gasteiger partial charge in [0.05, 0.1) is 6.10 Å². The Bertz CT molecular complexity index is 573. The summed E-state index contributed by atoms with van der Waals surface area (Å²) < 4.78 is 0. The fraction of sp³-hybridized carbons (Fsp3) is 0.650. The van der Waals surface area contributed by atoms with E-state index in [0.717, 1.165) is 38.8 Å². The highest BCUT2D eigenvalue weighted by Crippen LogP contribution is 2.30. The molecule has 0 saturated carbocycles. The van der Waals surface area contributed by atoms with Gasteiger partial charge in [-0.2, -0.15) is 0 Å². The molecule has 2 aliphatic heterocycles. The number of aliphatic hydroxyl groups excluding tert-OH is 1. The van der Waals surface area contributed by atoms with Gasteiger partial charge in [-0.05, 0) is 51.2 Å². The van der Waals surface area contributed by atoms with Crippen molar-refractivity contribution >= 4 is 11.6 Å². The molecular formula is C20H30N2O2. The molecule has 0 radical (unpaired) electrons. The van der Waals surface area contributed by atoms with E-state index in [2.05, 4.69) is 36.1 Å². The lowest BCUT2D eigenvalue weighted by Gasteiger charge is -2.38. The third-order valence-corrected chi connectivity index (χ3v) is 5.72. The number of amides is 1. The third-order valence-electron chi connectivity index (χ3n) is 5.72. The maximum absolute atomic E-state index is 12.6. The Balaban J connectivity index is 1.60. The predicted molar refractivity (Wildman–Crippen MR) is 97.2 cm³/mol. The first-order valence-electron chi connectivity index (χ1n) is 9.36. The van der Waals surface area contributed by atoms with Crippen LogP contribution < -0.4 is 4.90 Å². The first-order valence-corrected chi connectivity index (χ1v) is 9.36. The molecule has 3 rings (SSSR count). The highest BCUT2D eigenvalue weighted by Gasteiger charge is 2.28. The Morgan fingerprint density at radius 2 is 2.12 bits per heavy atom. The van der Waals surface area contributed by atoms with Gasteiger partial charge in [-0.1, -0.05) is 18.2 Å². The van der Waals surface area contributed by atoms with Crippen LogP contribution in [0.2, 0.25) is 0 Å². The molecular weight excluding hydrogens is 300 g/mol. The summed E-state index contributed by atoms with van der Waals surface area (Å²) in [5.41, 5.74) is 2.69. The van der Waals surface area contributed by atoms with Crippen LogP contribution in [0.1, 0.15) is 45.1 Å². The van der Waals surface area contributed by atoms with Crippen molar-refractivity contribution in [1.82, 2.24) is 4.90 Å². The zero-order valence-corrected chi connectivity index (χ0v) is 14.9. The van der Waals surface area contributed by atoms with Crippen LogP contribution in [0.3, 0.4) is 0 Å². The molecule has 1 aromatic rings. The molecule has 0 bridgehead atoms. The average Bonchev–Trinajstić information content (AvgIpc) is 2.60. The lowest BCUT2D eigenvalue weighted by molar-refractivity contribution is -0.133. The van der Waals surface area contributed by atoms with Crippen molar-refractivity contribution < 1.29 is 9.90 Å². The van der Waals surface area contributed by atoms with Crippen LogP contribution in [0.5, 0.6) is 0 Å². The van der Waals surface area contributed by atoms with E-state index in [9.17, 15) is 9.90 Å². The van der Waals surface area contributed by atoms with Gasteiger partial charge in [0.25, 0.3) is 0 Å². The molecule has 0 aromatic heterocycles. The fourth-order valence-electron chi connectivity index (χ4n) is 4.11. The minimum absolute atomic E-state index is 0.232. The van der Waals surface area contributed by atoms with Crippen molar-refractivity contribution in [3.8, 4) is 0 Å². The summed E-state index contributed by atoms with van der Waals surface area (Å²) in [4.78, 5) is 17.0. The van der Waals surface area contributed by atoms with E-state index in [1.165, 1.54) is 11.3 Å². The van der Waals surface area contributed by atoms with Crippen LogP contribution in [0.25, 0.3) is 0 Å². The van der Waals surface area contributed by atoms with Crippen molar-refractivity contribution in [2.75, 3.05) is 24.5 Å². The van der Waals surface area contributed by atoms with E-state index in [1.54, 1.807) is 0 Å². The SMILES string of the molecule is CC(O)C1CCCN(C(=O)CCN2c3ccccc3CCC2C)C1. The minimum Gasteiger partial charge on any atom is -0.393 e. The number of hydrogen-bond acceptors (Lipinski definition) is 3. The Hall–Kier alpha value is -1.55. The molecule has 1 N–H and O–H groups in total. The maximum atomic E-state index is 12.6. The molecule has 3 unspecified atom stereocenters. The molecule has 0 aliphatic carbocycles. The summed E-state index contributed by atoms with van der Waals surface area (Å²) in [6.45, 7) is 6.43. The molecule has 0 spiro atoms. The molecule has 1 fully saturated rings. The van der Waals surface area contributed by atoms with Gasteiger partial charge >= 0.3 is 0 Å². The number of anilines is 1. The van der Waals surface area contributed by atoms with E-state index < -0.39 is 0 Å². The van der Waals surface area contributed by atoms with Crippen molar-refractivity contribution in [2.45, 2.75) is 58.1 Å². The largest absolute Gasteiger partial charge is 0.393 e. The number of aryl methyl sites for hydroxylation is 1. The van der Waals surface area contributed by atoms with Crippen LogP contribution in [-0.2, 0) is 11.2 Å². The van der Waals surface area contributed by atoms with Gasteiger partial charge in [-0.3, -0.25) is 4.79 Å². The molecule has 4 nitrogen and oxygen atoms in total. The second-order valence-electron chi connectivity index (χ2n) is 7.44. The molecule has 4 heteroatoms. The van der Waals surface area contributed by atoms with Crippen molar-refractivity contribution in [3.63, 3.8) is 0 Å². The van der Waals surface area contributed by atoms with Gasteiger partial charge in [-0.25, -0.2) is 0 Å². The Labute approximate surface area is 145 Å². The number of carbonyl (C=O) groups excluding carboxylic acids is 1. The third kappa shape index (κ3) is 3.75. The molecule has 1 aromatic carbocycles. The van der Waals surface area contributed by atoms with E-state index in [4.69, 9.17) is 0 Å². The second kappa shape index (κ2) is 7.56. The van der Waals surface area contributed by atoms with E-state index in [1.807, 2.05) is 11.8 Å². The van der Waals surface area contributed by atoms with Gasteiger partial charge in [0.15, 0.2) is 0 Å². The van der Waals surface area contributed by atoms with Gasteiger partial charge in [0, 0.05) is 43.7 Å². The Morgan fingerprint density at radius 1 is 1.33 bits per heavy atom. The number of carbonyl (C=O) groups is 1. The summed E-state index contributed by atoms with van der Waals surface area (Å²) in [5, 5.41) is 9.81. The first-order chi connectivity index (χ1) is 11.6. The lowest BCUT2D eigenvalue weighted by atomic mass is 9.93. The molecule has 2 heterocycles. The quantitative estimate of drug-likeness (QED) is 0.923. The summed E-state index contributed by atoms with van der Waals surface area (Å²) in [6, 6.07) is 9.05. The lowest BCUT2D eigenvalue weighted by Crippen LogP contribution is -2.45. The van der Waals surface area contributed by atoms with Crippen LogP contribution in [-0.4, -0.2) is 47.7 Å². The first kappa shape index (κ1) is 17.3. The normalized spacial score (nSPS) is 25.3. The van der Waals surface area contributed by atoms with Gasteiger partial charge in [0.2, 0.25) is 5.91 Å². The van der Waals surface area contributed by atoms with Gasteiger partial charge in [0.1, 0.15) is 0 Å². The zero-order chi connectivity index (χ0) is 17.1. The number of para-hydroxylation sites is 1. The van der Waals surface area contributed by atoms with Gasteiger partial charge < -0.3 is 14.9 Å². The topological polar surface area (TPSA) is 43.8 Å². The monoisotopic (exact) mass is 330 g/mol. The predicted octanol–water partition coefficient (Wildman–Crippen LogP) is 2.84. The standard InChI is InChI=1S/C20H30N2O2/c1-15-9-10-17-6-3-4-8-19(17)22(15)13-11-20(24)21-12-5-7-18(14-21)16(2)23/h3-4,6,8,15-16,18,23H,5,7,9-14H2,1-2H3. The van der Waals surface area contributed by atoms with Crippen LogP contribution in [0.4, 0.5) is 5.69 Å². The highest BCUT2D eigenvalue weighted by molar-refractivity contribution is 5.77. The van der Waals surface area contributed by atoms with Crippen LogP contribution >= 0.6 is 0 Å². The van der Waals surface area contributed by atoms with Gasteiger partial charge in [-0.15, -0.1) is 0 Å². The summed E-state index contributed by atoms with van der Waals surface area (Å²) in [7, 11) is 0. The molecule has 3 atom stereocenters. The smallest absolute Gasteiger partial charge is 0.224 e. The highest BCUT2D eigenvalue weighted by atomic mass is 16.3. The number of aliphatic hydroxyl groups is 1. The maximum Gasteiger partial charge on any atom is 0.224 e. The molecule has 2 aliphatic rings. The van der Waals surface area contributed by atoms with E-state index in [-0.39, 0.29) is 17.9 Å². The van der Waals surface area contributed by atoms with Crippen LogP contribution in [0.15, 0.2) is 24.3 Å². The minimum atomic E-state index is -0.324. The number of nitrogens with zero attached hydrogens (tertiary/aromatic N) is 2. The number of fused-ring (bicyclic) bond motifs is 1. The number of piperidine rings is 1. The Kier molecular flexibility index (Phi) is 5.44. The zero-order valence-electron chi connectivity index (χ0n) is 14.9. The Morgan fingerprint density at radius 3 is 2.92 bits per heavy atom. The summed E-state index contributed by atoms with van der Waals surface area (Å²) in [6.07, 6.45) is 4.55. The second-order valence-corrected chi connectivity index (χ2v) is 7.44. The average molecular weight is 330 g/mol. The van der Waals surface area contributed by atoms with Crippen molar-refractivity contribution in [3.05, 3.63) is 29.8 Å². The summed E-state index contributed by atoms with van der Waals surface area (Å²) in [5.74, 6) is 0.466. The van der Waals surface area contributed by atoms with E-state index in [0.29, 0.717) is 19.0 Å². The number of hydrogen-bond donors (Lipinski definition) is 1. The molecule has 24 heavy (non-hydrogen) atoms. The van der Waals surface area contributed by atoms with Crippen LogP contribution in [0, 0.1) is 5.92 Å². The number of benzene rings is 1. The number of likely N-dealkylation sites (tertiary alicyclic amines) is 1. The number of rotatable bonds is 4. The van der Waals surface area contributed by atoms with Crippen molar-refractivity contribution in [1.29, 1.82) is 0 Å².